The Morgan fingerprint density at radius 3 is 2.35 bits per heavy atom. The summed E-state index contributed by atoms with van der Waals surface area (Å²) >= 11 is 0. The fraction of sp³-hybridized carbons (Fsp3) is 0.188. The van der Waals surface area contributed by atoms with E-state index >= 15 is 0 Å². The monoisotopic (exact) mass is 326 g/mol. The smallest absolute Gasteiger partial charge is 0.497 e. The molecule has 2 rings (SSSR count). The predicted molar refractivity (Wildman–Crippen MR) is 76.5 cm³/mol. The minimum absolute atomic E-state index is 0.156. The fourth-order valence-corrected chi connectivity index (χ4v) is 2.03. The van der Waals surface area contributed by atoms with Crippen molar-refractivity contribution in [3.63, 3.8) is 0 Å². The molecule has 2 aromatic carbocycles. The number of rotatable bonds is 4. The number of esters is 1. The van der Waals surface area contributed by atoms with Gasteiger partial charge in [-0.15, -0.1) is 13.2 Å². The number of hydrogen-bond acceptors (Lipinski definition) is 4. The van der Waals surface area contributed by atoms with Crippen LogP contribution in [0.3, 0.4) is 0 Å². The molecule has 0 aliphatic rings. The maximum Gasteiger partial charge on any atom is 0.573 e. The van der Waals surface area contributed by atoms with E-state index in [9.17, 15) is 18.0 Å². The van der Waals surface area contributed by atoms with E-state index in [0.717, 1.165) is 0 Å². The van der Waals surface area contributed by atoms with Gasteiger partial charge in [-0.2, -0.15) is 0 Å². The molecule has 0 radical (unpaired) electrons. The van der Waals surface area contributed by atoms with E-state index < -0.39 is 12.3 Å². The van der Waals surface area contributed by atoms with Crippen LogP contribution in [0.25, 0.3) is 11.1 Å². The Kier molecular flexibility index (Phi) is 4.78. The summed E-state index contributed by atoms with van der Waals surface area (Å²) in [6.07, 6.45) is -4.82. The molecule has 0 unspecified atom stereocenters. The largest absolute Gasteiger partial charge is 0.573 e. The number of carbonyl (C=O) groups excluding carboxylic acids is 1. The number of ether oxygens (including phenoxy) is 3. The fourth-order valence-electron chi connectivity index (χ4n) is 2.03. The van der Waals surface area contributed by atoms with Gasteiger partial charge in [-0.25, -0.2) is 4.79 Å². The van der Waals surface area contributed by atoms with Gasteiger partial charge in [-0.3, -0.25) is 0 Å². The zero-order chi connectivity index (χ0) is 17.0. The molecule has 0 amide bonds. The molecular weight excluding hydrogens is 313 g/mol. The Balaban J connectivity index is 2.56. The molecule has 0 aromatic heterocycles. The van der Waals surface area contributed by atoms with Crippen LogP contribution in [-0.4, -0.2) is 26.6 Å². The van der Waals surface area contributed by atoms with Crippen molar-refractivity contribution < 1.29 is 32.2 Å². The molecule has 0 aliphatic carbocycles. The van der Waals surface area contributed by atoms with Gasteiger partial charge in [0.1, 0.15) is 11.5 Å². The Hall–Kier alpha value is -2.70. The van der Waals surface area contributed by atoms with Gasteiger partial charge in [-0.05, 0) is 29.8 Å². The van der Waals surface area contributed by atoms with Gasteiger partial charge in [0.2, 0.25) is 0 Å². The third kappa shape index (κ3) is 4.15. The second-order valence-electron chi connectivity index (χ2n) is 4.49. The summed E-state index contributed by atoms with van der Waals surface area (Å²) in [5.74, 6) is -0.687. The molecule has 0 bridgehead atoms. The minimum Gasteiger partial charge on any atom is -0.497 e. The highest BCUT2D eigenvalue weighted by molar-refractivity contribution is 5.92. The summed E-state index contributed by atoms with van der Waals surface area (Å²) in [7, 11) is 2.60. The summed E-state index contributed by atoms with van der Waals surface area (Å²) in [5.41, 5.74) is 0.669. The lowest BCUT2D eigenvalue weighted by molar-refractivity contribution is -0.274. The van der Waals surface area contributed by atoms with E-state index in [1.807, 2.05) is 0 Å². The Morgan fingerprint density at radius 2 is 1.74 bits per heavy atom. The van der Waals surface area contributed by atoms with E-state index in [2.05, 4.69) is 9.47 Å². The van der Waals surface area contributed by atoms with Crippen molar-refractivity contribution in [2.45, 2.75) is 6.36 Å². The molecule has 0 atom stereocenters. The lowest BCUT2D eigenvalue weighted by Crippen LogP contribution is -2.17. The van der Waals surface area contributed by atoms with Crippen LogP contribution in [-0.2, 0) is 4.74 Å². The molecule has 7 heteroatoms. The molecule has 0 aliphatic heterocycles. The minimum atomic E-state index is -4.82. The van der Waals surface area contributed by atoms with Gasteiger partial charge in [0.25, 0.3) is 0 Å². The van der Waals surface area contributed by atoms with Crippen LogP contribution >= 0.6 is 0 Å². The van der Waals surface area contributed by atoms with Gasteiger partial charge in [0.05, 0.1) is 19.8 Å². The predicted octanol–water partition coefficient (Wildman–Crippen LogP) is 4.05. The van der Waals surface area contributed by atoms with Crippen LogP contribution < -0.4 is 9.47 Å². The van der Waals surface area contributed by atoms with Gasteiger partial charge in [0, 0.05) is 5.56 Å². The van der Waals surface area contributed by atoms with Crippen LogP contribution in [0.4, 0.5) is 13.2 Å². The van der Waals surface area contributed by atoms with Crippen LogP contribution in [0, 0.1) is 0 Å². The average Bonchev–Trinajstić information content (AvgIpc) is 2.52. The molecule has 0 saturated carbocycles. The van der Waals surface area contributed by atoms with E-state index in [1.54, 1.807) is 6.07 Å². The highest BCUT2D eigenvalue weighted by Gasteiger charge is 2.32. The number of benzene rings is 2. The van der Waals surface area contributed by atoms with Crippen molar-refractivity contribution in [3.05, 3.63) is 48.0 Å². The lowest BCUT2D eigenvalue weighted by atomic mass is 10.0. The van der Waals surface area contributed by atoms with Crippen LogP contribution in [0.1, 0.15) is 10.4 Å². The molecule has 0 spiro atoms. The van der Waals surface area contributed by atoms with Crippen molar-refractivity contribution in [1.29, 1.82) is 0 Å². The normalized spacial score (nSPS) is 11.0. The summed E-state index contributed by atoms with van der Waals surface area (Å²) in [5, 5.41) is 0. The molecule has 0 fully saturated rings. The third-order valence-corrected chi connectivity index (χ3v) is 2.99. The van der Waals surface area contributed by atoms with E-state index in [0.29, 0.717) is 11.3 Å². The van der Waals surface area contributed by atoms with Crippen molar-refractivity contribution >= 4 is 5.97 Å². The third-order valence-electron chi connectivity index (χ3n) is 2.99. The number of halogens is 3. The maximum atomic E-state index is 12.5. The molecule has 122 valence electrons. The molecule has 0 heterocycles. The lowest BCUT2D eigenvalue weighted by Gasteiger charge is -2.14. The van der Waals surface area contributed by atoms with E-state index in [4.69, 9.17) is 4.74 Å². The summed E-state index contributed by atoms with van der Waals surface area (Å²) in [6.45, 7) is 0. The number of methoxy groups -OCH3 is 2. The van der Waals surface area contributed by atoms with Gasteiger partial charge in [0.15, 0.2) is 0 Å². The van der Waals surface area contributed by atoms with Crippen LogP contribution in [0.2, 0.25) is 0 Å². The van der Waals surface area contributed by atoms with Crippen molar-refractivity contribution in [2.24, 2.45) is 0 Å². The zero-order valence-electron chi connectivity index (χ0n) is 12.3. The van der Waals surface area contributed by atoms with Crippen molar-refractivity contribution in [2.75, 3.05) is 14.2 Å². The van der Waals surface area contributed by atoms with Gasteiger partial charge < -0.3 is 14.2 Å². The topological polar surface area (TPSA) is 44.8 Å². The van der Waals surface area contributed by atoms with Gasteiger partial charge >= 0.3 is 12.3 Å². The van der Waals surface area contributed by atoms with Crippen LogP contribution in [0.5, 0.6) is 11.5 Å². The zero-order valence-corrected chi connectivity index (χ0v) is 12.3. The first-order valence-electron chi connectivity index (χ1n) is 6.46. The van der Waals surface area contributed by atoms with Crippen LogP contribution in [0.15, 0.2) is 42.5 Å². The van der Waals surface area contributed by atoms with Gasteiger partial charge in [-0.1, -0.05) is 18.2 Å². The SMILES string of the molecule is COC(=O)c1cc(OC)cc(-c2ccccc2OC(F)(F)F)c1. The van der Waals surface area contributed by atoms with E-state index in [-0.39, 0.29) is 16.9 Å². The number of carbonyl (C=O) groups is 1. The highest BCUT2D eigenvalue weighted by Crippen LogP contribution is 2.35. The first-order chi connectivity index (χ1) is 10.8. The summed E-state index contributed by atoms with van der Waals surface area (Å²) < 4.78 is 51.3. The molecular formula is C16H13F3O4. The maximum absolute atomic E-state index is 12.5. The first kappa shape index (κ1) is 16.7. The Labute approximate surface area is 130 Å². The number of alkyl halides is 3. The Morgan fingerprint density at radius 1 is 1.04 bits per heavy atom. The standard InChI is InChI=1S/C16H13F3O4/c1-21-12-8-10(7-11(9-12)15(20)22-2)13-5-3-4-6-14(13)23-16(17,18)19/h3-9H,1-2H3. The number of para-hydroxylation sites is 1. The molecule has 0 N–H and O–H groups in total. The Bertz CT molecular complexity index is 711. The molecule has 23 heavy (non-hydrogen) atoms. The van der Waals surface area contributed by atoms with Crippen molar-refractivity contribution in [3.8, 4) is 22.6 Å². The molecule has 2 aromatic rings. The number of hydrogen-bond donors (Lipinski definition) is 0. The summed E-state index contributed by atoms with van der Waals surface area (Å²) in [4.78, 5) is 11.7. The van der Waals surface area contributed by atoms with E-state index in [1.165, 1.54) is 50.6 Å². The summed E-state index contributed by atoms with van der Waals surface area (Å²) in [6, 6.07) is 9.99. The van der Waals surface area contributed by atoms with Crippen molar-refractivity contribution in [1.82, 2.24) is 0 Å². The average molecular weight is 326 g/mol. The highest BCUT2D eigenvalue weighted by atomic mass is 19.4. The second-order valence-corrected chi connectivity index (χ2v) is 4.49. The second kappa shape index (κ2) is 6.60. The molecule has 4 nitrogen and oxygen atoms in total. The quantitative estimate of drug-likeness (QED) is 0.795. The first-order valence-corrected chi connectivity index (χ1v) is 6.46. The molecule has 0 saturated heterocycles.